The van der Waals surface area contributed by atoms with Crippen LogP contribution in [0, 0.1) is 0 Å². The summed E-state index contributed by atoms with van der Waals surface area (Å²) in [6.45, 7) is 15.3. The van der Waals surface area contributed by atoms with Crippen molar-refractivity contribution >= 4 is 28.2 Å². The Balaban J connectivity index is 3.06. The van der Waals surface area contributed by atoms with E-state index in [1.54, 1.807) is 0 Å². The molecule has 0 amide bonds. The number of hydrogen-bond donors (Lipinski definition) is 0. The lowest BCUT2D eigenvalue weighted by Crippen LogP contribution is -2.38. The van der Waals surface area contributed by atoms with E-state index in [1.807, 2.05) is 24.3 Å². The van der Waals surface area contributed by atoms with E-state index in [0.29, 0.717) is 0 Å². The summed E-state index contributed by atoms with van der Waals surface area (Å²) in [7, 11) is -3.30. The molecule has 0 heterocycles. The van der Waals surface area contributed by atoms with E-state index in [0.717, 1.165) is 10.6 Å². The van der Waals surface area contributed by atoms with E-state index in [9.17, 15) is 0 Å². The Kier molecular flexibility index (Phi) is 6.05. The molecule has 1 rings (SSSR count). The molecular formula is C15H27ClO2Si2. The summed E-state index contributed by atoms with van der Waals surface area (Å²) < 4.78 is 12.6. The van der Waals surface area contributed by atoms with Crippen LogP contribution in [0.5, 0.6) is 0 Å². The lowest BCUT2D eigenvalue weighted by Gasteiger charge is -2.35. The lowest BCUT2D eigenvalue weighted by atomic mass is 10.1. The van der Waals surface area contributed by atoms with Gasteiger partial charge in [0.1, 0.15) is 0 Å². The molecule has 2 nitrogen and oxygen atoms in total. The molecule has 5 heteroatoms. The summed E-state index contributed by atoms with van der Waals surface area (Å²) in [5.74, 6) is 0. The van der Waals surface area contributed by atoms with Crippen LogP contribution in [0.25, 0.3) is 0 Å². The fourth-order valence-electron chi connectivity index (χ4n) is 2.12. The molecule has 0 aliphatic carbocycles. The smallest absolute Gasteiger partial charge is 0.184 e. The molecule has 0 aliphatic rings. The van der Waals surface area contributed by atoms with Gasteiger partial charge in [0, 0.05) is 10.6 Å². The third kappa shape index (κ3) is 6.10. The Bertz CT molecular complexity index is 438. The monoisotopic (exact) mass is 330 g/mol. The van der Waals surface area contributed by atoms with Gasteiger partial charge >= 0.3 is 0 Å². The molecule has 20 heavy (non-hydrogen) atoms. The van der Waals surface area contributed by atoms with Crippen LogP contribution in [0.3, 0.4) is 0 Å². The van der Waals surface area contributed by atoms with Crippen molar-refractivity contribution < 1.29 is 8.85 Å². The quantitative estimate of drug-likeness (QED) is 0.643. The van der Waals surface area contributed by atoms with Crippen molar-refractivity contribution in [3.05, 3.63) is 34.9 Å². The standard InChI is InChI=1S/C15H27ClO2Si2/c1-12(17-19(2,3)4)15(18-20(5,6)7)13-10-8-9-11-14(13)16/h8-12,15H,1-7H3/t12-,15+/m1/s1. The zero-order valence-corrected chi connectivity index (χ0v) is 16.4. The van der Waals surface area contributed by atoms with Gasteiger partial charge in [0.2, 0.25) is 0 Å². The summed E-state index contributed by atoms with van der Waals surface area (Å²) in [5.41, 5.74) is 1.03. The van der Waals surface area contributed by atoms with Gasteiger partial charge < -0.3 is 8.85 Å². The van der Waals surface area contributed by atoms with Gasteiger partial charge in [-0.2, -0.15) is 0 Å². The minimum absolute atomic E-state index is 0.00768. The fraction of sp³-hybridized carbons (Fsp3) is 0.600. The molecule has 1 aromatic rings. The molecule has 2 atom stereocenters. The molecule has 0 aromatic heterocycles. The van der Waals surface area contributed by atoms with Crippen LogP contribution in [-0.2, 0) is 8.85 Å². The fourth-order valence-corrected chi connectivity index (χ4v) is 4.68. The zero-order chi connectivity index (χ0) is 15.6. The first-order valence-electron chi connectivity index (χ1n) is 7.10. The molecule has 1 aromatic carbocycles. The first-order valence-corrected chi connectivity index (χ1v) is 14.3. The molecule has 0 N–H and O–H groups in total. The molecule has 0 radical (unpaired) electrons. The summed E-state index contributed by atoms with van der Waals surface area (Å²) in [4.78, 5) is 0. The highest BCUT2D eigenvalue weighted by Gasteiger charge is 2.31. The van der Waals surface area contributed by atoms with E-state index in [4.69, 9.17) is 20.5 Å². The van der Waals surface area contributed by atoms with Crippen LogP contribution in [0.2, 0.25) is 44.3 Å². The zero-order valence-electron chi connectivity index (χ0n) is 13.7. The van der Waals surface area contributed by atoms with Gasteiger partial charge in [0.15, 0.2) is 16.6 Å². The average molecular weight is 331 g/mol. The van der Waals surface area contributed by atoms with Gasteiger partial charge in [-0.05, 0) is 52.3 Å². The Labute approximate surface area is 130 Å². The molecule has 0 saturated carbocycles. The van der Waals surface area contributed by atoms with Crippen molar-refractivity contribution in [1.82, 2.24) is 0 Å². The highest BCUT2D eigenvalue weighted by atomic mass is 35.5. The van der Waals surface area contributed by atoms with Crippen LogP contribution < -0.4 is 0 Å². The van der Waals surface area contributed by atoms with Gasteiger partial charge in [-0.15, -0.1) is 0 Å². The summed E-state index contributed by atoms with van der Waals surface area (Å²) in [5, 5.41) is 0.752. The van der Waals surface area contributed by atoms with E-state index >= 15 is 0 Å². The van der Waals surface area contributed by atoms with Gasteiger partial charge in [-0.3, -0.25) is 0 Å². The maximum absolute atomic E-state index is 6.36. The maximum atomic E-state index is 6.36. The third-order valence-electron chi connectivity index (χ3n) is 2.66. The predicted octanol–water partition coefficient (Wildman–Crippen LogP) is 5.47. The highest BCUT2D eigenvalue weighted by molar-refractivity contribution is 6.70. The lowest BCUT2D eigenvalue weighted by molar-refractivity contribution is 0.0550. The van der Waals surface area contributed by atoms with E-state index in [2.05, 4.69) is 46.2 Å². The Morgan fingerprint density at radius 1 is 0.900 bits per heavy atom. The van der Waals surface area contributed by atoms with Crippen LogP contribution in [0.1, 0.15) is 18.6 Å². The number of rotatable bonds is 6. The van der Waals surface area contributed by atoms with Gasteiger partial charge in [0.05, 0.1) is 12.2 Å². The normalized spacial score (nSPS) is 16.0. The molecule has 0 saturated heterocycles. The summed E-state index contributed by atoms with van der Waals surface area (Å²) in [6.07, 6.45) is -0.0876. The minimum Gasteiger partial charge on any atom is -0.412 e. The minimum atomic E-state index is -1.69. The van der Waals surface area contributed by atoms with Crippen LogP contribution in [-0.4, -0.2) is 22.7 Å². The van der Waals surface area contributed by atoms with E-state index < -0.39 is 16.6 Å². The first-order chi connectivity index (χ1) is 8.99. The van der Waals surface area contributed by atoms with Crippen LogP contribution in [0.15, 0.2) is 24.3 Å². The largest absolute Gasteiger partial charge is 0.412 e. The summed E-state index contributed by atoms with van der Waals surface area (Å²) >= 11 is 6.35. The second kappa shape index (κ2) is 6.75. The van der Waals surface area contributed by atoms with Gasteiger partial charge in [-0.25, -0.2) is 0 Å². The molecule has 0 fully saturated rings. The van der Waals surface area contributed by atoms with Gasteiger partial charge in [0.25, 0.3) is 0 Å². The van der Waals surface area contributed by atoms with Crippen LogP contribution >= 0.6 is 11.6 Å². The molecule has 114 valence electrons. The molecule has 0 bridgehead atoms. The van der Waals surface area contributed by atoms with Gasteiger partial charge in [-0.1, -0.05) is 29.8 Å². The SMILES string of the molecule is C[C@@H](O[Si](C)(C)C)[C@H](O[Si](C)(C)C)c1ccccc1Cl. The Morgan fingerprint density at radius 2 is 1.40 bits per heavy atom. The topological polar surface area (TPSA) is 18.5 Å². The summed E-state index contributed by atoms with van der Waals surface area (Å²) in [6, 6.07) is 7.90. The number of hydrogen-bond acceptors (Lipinski definition) is 2. The van der Waals surface area contributed by atoms with Crippen molar-refractivity contribution in [2.75, 3.05) is 0 Å². The second-order valence-corrected chi connectivity index (χ2v) is 16.4. The van der Waals surface area contributed by atoms with Crippen molar-refractivity contribution in [1.29, 1.82) is 0 Å². The predicted molar refractivity (Wildman–Crippen MR) is 92.5 cm³/mol. The number of halogens is 1. The number of benzene rings is 1. The van der Waals surface area contributed by atoms with Crippen molar-refractivity contribution in [2.24, 2.45) is 0 Å². The van der Waals surface area contributed by atoms with Crippen LogP contribution in [0.4, 0.5) is 0 Å². The highest BCUT2D eigenvalue weighted by Crippen LogP contribution is 2.33. The van der Waals surface area contributed by atoms with Crippen molar-refractivity contribution in [2.45, 2.75) is 58.4 Å². The van der Waals surface area contributed by atoms with Crippen molar-refractivity contribution in [3.63, 3.8) is 0 Å². The molecular weight excluding hydrogens is 304 g/mol. The van der Waals surface area contributed by atoms with E-state index in [1.165, 1.54) is 0 Å². The van der Waals surface area contributed by atoms with E-state index in [-0.39, 0.29) is 12.2 Å². The molecule has 0 aliphatic heterocycles. The first kappa shape index (κ1) is 17.9. The second-order valence-electron chi connectivity index (χ2n) is 7.11. The van der Waals surface area contributed by atoms with Crippen molar-refractivity contribution in [3.8, 4) is 0 Å². The Hall–Kier alpha value is -0.136. The Morgan fingerprint density at radius 3 is 1.85 bits per heavy atom. The maximum Gasteiger partial charge on any atom is 0.184 e. The molecule has 0 spiro atoms. The third-order valence-corrected chi connectivity index (χ3v) is 5.04. The average Bonchev–Trinajstić information content (AvgIpc) is 2.23. The molecule has 0 unspecified atom stereocenters.